The van der Waals surface area contributed by atoms with E-state index in [4.69, 9.17) is 39.1 Å². The van der Waals surface area contributed by atoms with Gasteiger partial charge in [-0.2, -0.15) is 0 Å². The number of esters is 1. The molecular formula is C39H70ClIO8Si3. The Balaban J connectivity index is 2.80. The first kappa shape index (κ1) is 48.1. The van der Waals surface area contributed by atoms with Gasteiger partial charge in [0.1, 0.15) is 30.5 Å². The van der Waals surface area contributed by atoms with E-state index in [2.05, 4.69) is 143 Å². The zero-order valence-corrected chi connectivity index (χ0v) is 41.0. The van der Waals surface area contributed by atoms with Crippen LogP contribution in [-0.4, -0.2) is 91.9 Å². The van der Waals surface area contributed by atoms with Gasteiger partial charge in [-0.05, 0) is 112 Å². The first-order valence-corrected chi connectivity index (χ1v) is 29.1. The lowest BCUT2D eigenvalue weighted by atomic mass is 9.87. The lowest BCUT2D eigenvalue weighted by Gasteiger charge is -2.55. The van der Waals surface area contributed by atoms with Gasteiger partial charge in [0.2, 0.25) is 5.78 Å². The molecule has 0 aromatic heterocycles. The number of ketones is 1. The number of fused-ring (bicyclic) bond motifs is 1. The normalized spacial score (nSPS) is 26.0. The van der Waals surface area contributed by atoms with E-state index in [1.54, 1.807) is 0 Å². The highest BCUT2D eigenvalue weighted by molar-refractivity contribution is 14.1. The minimum atomic E-state index is -2.48. The maximum Gasteiger partial charge on any atom is 0.308 e. The van der Waals surface area contributed by atoms with Crippen molar-refractivity contribution >= 4 is 70.9 Å². The zero-order chi connectivity index (χ0) is 40.3. The van der Waals surface area contributed by atoms with Crippen molar-refractivity contribution in [1.29, 1.82) is 0 Å². The molecule has 0 N–H and O–H groups in total. The number of hydrogen-bond donors (Lipinski definition) is 0. The number of methoxy groups -OCH3 is 1. The molecular weight excluding hydrogens is 843 g/mol. The van der Waals surface area contributed by atoms with Crippen LogP contribution < -0.4 is 0 Å². The molecule has 0 spiro atoms. The molecule has 300 valence electrons. The third-order valence-electron chi connectivity index (χ3n) is 11.9. The number of alkyl halides is 1. The number of halogens is 2. The molecule has 2 aliphatic heterocycles. The molecule has 2 aliphatic rings. The summed E-state index contributed by atoms with van der Waals surface area (Å²) in [5.41, 5.74) is 0. The highest BCUT2D eigenvalue weighted by Gasteiger charge is 2.58. The predicted octanol–water partition coefficient (Wildman–Crippen LogP) is 10.3. The van der Waals surface area contributed by atoms with Crippen LogP contribution in [0.3, 0.4) is 0 Å². The van der Waals surface area contributed by atoms with Gasteiger partial charge in [0.15, 0.2) is 25.0 Å². The molecule has 13 heteroatoms. The monoisotopic (exact) mass is 912 g/mol. The molecule has 0 amide bonds. The largest absolute Gasteiger partial charge is 0.469 e. The topological polar surface area (TPSA) is 89.5 Å². The maximum absolute atomic E-state index is 13.3. The minimum absolute atomic E-state index is 0.106. The standard InChI is InChI=1S/C39H70ClIO8Si3/c1-26(41)24-27(40)18-19-28(42)20-22-31(47-50(12,13)37(2,3)4)34-36(49-52(16,17)39(8,9)10)35(48-51(14,15)38(5,6)7)33-30(46-34)23-21-29(45-33)25-32(43)44-11/h27,29-31,33-36H,1,18-19,21,23-25H2,2-17H3/t27-,29?,30+,31?,33+,34?,35?,36?/m1/s1. The van der Waals surface area contributed by atoms with Crippen LogP contribution in [0.1, 0.15) is 101 Å². The van der Waals surface area contributed by atoms with Crippen molar-refractivity contribution in [2.75, 3.05) is 7.11 Å². The summed E-state index contributed by atoms with van der Waals surface area (Å²) in [5.74, 6) is 5.76. The van der Waals surface area contributed by atoms with E-state index in [1.165, 1.54) is 7.11 Å². The Labute approximate surface area is 338 Å². The van der Waals surface area contributed by atoms with Crippen LogP contribution in [0.2, 0.25) is 54.4 Å². The number of carbonyl (C=O) groups excluding carboxylic acids is 2. The second-order valence-electron chi connectivity index (χ2n) is 19.3. The molecule has 0 saturated carbocycles. The van der Waals surface area contributed by atoms with Crippen LogP contribution >= 0.6 is 34.2 Å². The molecule has 0 aromatic carbocycles. The Bertz CT molecular complexity index is 1310. The van der Waals surface area contributed by atoms with Gasteiger partial charge < -0.3 is 27.5 Å². The number of Topliss-reactive ketones (excluding diaryl/α,β-unsaturated/α-hetero) is 1. The lowest BCUT2D eigenvalue weighted by molar-refractivity contribution is -0.266. The molecule has 8 nitrogen and oxygen atoms in total. The van der Waals surface area contributed by atoms with Gasteiger partial charge in [-0.25, -0.2) is 0 Å². The summed E-state index contributed by atoms with van der Waals surface area (Å²) in [4.78, 5) is 25.7. The molecule has 0 aliphatic carbocycles. The lowest BCUT2D eigenvalue weighted by Crippen LogP contribution is -2.69. The van der Waals surface area contributed by atoms with Crippen LogP contribution in [0, 0.1) is 11.8 Å². The Kier molecular flexibility index (Phi) is 17.1. The van der Waals surface area contributed by atoms with Gasteiger partial charge in [0, 0.05) is 11.8 Å². The van der Waals surface area contributed by atoms with Crippen molar-refractivity contribution < 1.29 is 37.1 Å². The van der Waals surface area contributed by atoms with Crippen LogP contribution in [0.4, 0.5) is 0 Å². The van der Waals surface area contributed by atoms with Gasteiger partial charge in [0.25, 0.3) is 0 Å². The molecule has 8 atom stereocenters. The summed E-state index contributed by atoms with van der Waals surface area (Å²) in [6.07, 6.45) is -0.905. The Hall–Kier alpha value is -0.0894. The smallest absolute Gasteiger partial charge is 0.308 e. The summed E-state index contributed by atoms with van der Waals surface area (Å²) in [6, 6.07) is 0. The van der Waals surface area contributed by atoms with Gasteiger partial charge in [-0.1, -0.05) is 74.8 Å². The van der Waals surface area contributed by atoms with Crippen molar-refractivity contribution in [1.82, 2.24) is 0 Å². The third kappa shape index (κ3) is 13.3. The predicted molar refractivity (Wildman–Crippen MR) is 229 cm³/mol. The molecule has 2 fully saturated rings. The molecule has 2 saturated heterocycles. The van der Waals surface area contributed by atoms with Crippen LogP contribution in [0.5, 0.6) is 0 Å². The average Bonchev–Trinajstić information content (AvgIpc) is 2.97. The number of hydrogen-bond acceptors (Lipinski definition) is 8. The first-order chi connectivity index (χ1) is 23.4. The Morgan fingerprint density at radius 3 is 1.87 bits per heavy atom. The van der Waals surface area contributed by atoms with Crippen LogP contribution in [-0.2, 0) is 37.1 Å². The molecule has 0 aromatic rings. The van der Waals surface area contributed by atoms with Gasteiger partial charge in [-0.3, -0.25) is 9.59 Å². The summed E-state index contributed by atoms with van der Waals surface area (Å²) in [6.45, 7) is 37.2. The summed E-state index contributed by atoms with van der Waals surface area (Å²) in [7, 11) is -5.98. The fraction of sp³-hybridized carbons (Fsp3) is 0.846. The van der Waals surface area contributed by atoms with E-state index in [1.807, 2.05) is 0 Å². The Morgan fingerprint density at radius 2 is 1.38 bits per heavy atom. The van der Waals surface area contributed by atoms with Crippen LogP contribution in [0.15, 0.2) is 10.2 Å². The first-order valence-electron chi connectivity index (χ1n) is 18.9. The fourth-order valence-corrected chi connectivity index (χ4v) is 10.3. The molecule has 0 radical (unpaired) electrons. The minimum Gasteiger partial charge on any atom is -0.469 e. The molecule has 5 unspecified atom stereocenters. The van der Waals surface area contributed by atoms with E-state index >= 15 is 0 Å². The van der Waals surface area contributed by atoms with E-state index in [-0.39, 0.29) is 57.3 Å². The van der Waals surface area contributed by atoms with E-state index < -0.39 is 55.5 Å². The average molecular weight is 914 g/mol. The molecule has 2 heterocycles. The van der Waals surface area contributed by atoms with E-state index in [0.29, 0.717) is 25.7 Å². The van der Waals surface area contributed by atoms with Crippen molar-refractivity contribution in [2.45, 2.75) is 203 Å². The Morgan fingerprint density at radius 1 is 0.865 bits per heavy atom. The number of allylic oxidation sites excluding steroid dienone is 1. The van der Waals surface area contributed by atoms with Crippen LogP contribution in [0.25, 0.3) is 0 Å². The quantitative estimate of drug-likeness (QED) is 0.0425. The molecule has 52 heavy (non-hydrogen) atoms. The summed E-state index contributed by atoms with van der Waals surface area (Å²) in [5, 5.41) is -0.553. The number of carbonyl (C=O) groups is 2. The van der Waals surface area contributed by atoms with Gasteiger partial charge in [-0.15, -0.1) is 11.6 Å². The van der Waals surface area contributed by atoms with Crippen molar-refractivity contribution in [3.05, 3.63) is 10.2 Å². The van der Waals surface area contributed by atoms with Crippen molar-refractivity contribution in [3.63, 3.8) is 0 Å². The zero-order valence-electron chi connectivity index (χ0n) is 35.1. The van der Waals surface area contributed by atoms with Gasteiger partial charge in [0.05, 0.1) is 25.7 Å². The van der Waals surface area contributed by atoms with Crippen molar-refractivity contribution in [3.8, 4) is 11.8 Å². The SMILES string of the molecule is C=C(I)C[C@H](Cl)CCC(=O)C#CC(O[Si](C)(C)C(C)(C)C)C1O[C@H]2CCC(CC(=O)OC)O[C@@H]2C(O[Si](C)(C)C(C)(C)C)C1O[Si](C)(C)C(C)(C)C. The van der Waals surface area contributed by atoms with Crippen molar-refractivity contribution in [2.24, 2.45) is 0 Å². The summed E-state index contributed by atoms with van der Waals surface area (Å²) < 4.78 is 41.8. The third-order valence-corrected chi connectivity index (χ3v) is 26.1. The second-order valence-corrected chi connectivity index (χ2v) is 35.7. The van der Waals surface area contributed by atoms with E-state index in [0.717, 1.165) is 3.58 Å². The molecule has 0 bridgehead atoms. The highest BCUT2D eigenvalue weighted by atomic mass is 127. The molecule has 2 rings (SSSR count). The highest BCUT2D eigenvalue weighted by Crippen LogP contribution is 2.47. The fourth-order valence-electron chi connectivity index (χ4n) is 5.46. The number of ether oxygens (including phenoxy) is 3. The summed E-state index contributed by atoms with van der Waals surface area (Å²) >= 11 is 8.67. The van der Waals surface area contributed by atoms with E-state index in [9.17, 15) is 9.59 Å². The maximum atomic E-state index is 13.3. The second kappa shape index (κ2) is 18.4. The number of rotatable bonds is 14. The van der Waals surface area contributed by atoms with Gasteiger partial charge >= 0.3 is 5.97 Å².